The maximum absolute atomic E-state index is 2.58. The first-order valence-corrected chi connectivity index (χ1v) is 22.1. The molecule has 0 N–H and O–H groups in total. The third-order valence-electron chi connectivity index (χ3n) is 15.1. The molecule has 1 heteroatoms. The van der Waals surface area contributed by atoms with Gasteiger partial charge in [0.05, 0.1) is 11.1 Å². The molecular formula is C61H45N. The van der Waals surface area contributed by atoms with Crippen molar-refractivity contribution < 1.29 is 0 Å². The molecule has 9 aromatic rings. The van der Waals surface area contributed by atoms with Gasteiger partial charge in [-0.2, -0.15) is 0 Å². The fourth-order valence-corrected chi connectivity index (χ4v) is 12.2. The van der Waals surface area contributed by atoms with Crippen molar-refractivity contribution in [3.8, 4) is 55.6 Å². The fraction of sp³-hybridized carbons (Fsp3) is 0.115. The average molecular weight is 792 g/mol. The van der Waals surface area contributed by atoms with Crippen LogP contribution < -0.4 is 4.90 Å². The predicted octanol–water partition coefficient (Wildman–Crippen LogP) is 15.8. The molecule has 0 saturated heterocycles. The van der Waals surface area contributed by atoms with Crippen molar-refractivity contribution >= 4 is 17.1 Å². The molecule has 0 aliphatic heterocycles. The van der Waals surface area contributed by atoms with E-state index in [1.165, 1.54) is 117 Å². The summed E-state index contributed by atoms with van der Waals surface area (Å²) in [6.07, 6.45) is 0. The lowest BCUT2D eigenvalue weighted by molar-refractivity contribution is 0.660. The summed E-state index contributed by atoms with van der Waals surface area (Å²) in [5.74, 6) is 0. The van der Waals surface area contributed by atoms with Gasteiger partial charge in [0.25, 0.3) is 0 Å². The Morgan fingerprint density at radius 1 is 0.290 bits per heavy atom. The van der Waals surface area contributed by atoms with Gasteiger partial charge >= 0.3 is 0 Å². The van der Waals surface area contributed by atoms with Gasteiger partial charge in [-0.05, 0) is 131 Å². The number of benzene rings is 9. The summed E-state index contributed by atoms with van der Waals surface area (Å²) in [6.45, 7) is 9.59. The van der Waals surface area contributed by atoms with E-state index in [2.05, 4.69) is 233 Å². The van der Waals surface area contributed by atoms with Gasteiger partial charge in [-0.25, -0.2) is 0 Å². The molecule has 1 spiro atoms. The summed E-state index contributed by atoms with van der Waals surface area (Å²) < 4.78 is 0. The van der Waals surface area contributed by atoms with Crippen LogP contribution in [0.1, 0.15) is 72.2 Å². The number of hydrogen-bond donors (Lipinski definition) is 0. The second-order valence-electron chi connectivity index (χ2n) is 18.8. The number of hydrogen-bond acceptors (Lipinski definition) is 1. The zero-order chi connectivity index (χ0) is 41.5. The highest BCUT2D eigenvalue weighted by atomic mass is 15.1. The first-order valence-electron chi connectivity index (χ1n) is 22.1. The van der Waals surface area contributed by atoms with Crippen LogP contribution in [0.25, 0.3) is 55.6 Å². The molecule has 4 aliphatic rings. The second-order valence-corrected chi connectivity index (χ2v) is 18.8. The molecule has 13 rings (SSSR count). The number of nitrogens with zero attached hydrogens (tertiary/aromatic N) is 1. The van der Waals surface area contributed by atoms with E-state index in [0.29, 0.717) is 0 Å². The standard InChI is InChI=1S/C61H45N/c1-59(2)49-23-12-8-19-42(49)46-33-30-40(36-55(46)59)62(41-31-34-47-45-32-29-39(38-17-6-5-7-18-38)35-54(45)60(3,4)56(47)37-41)57-28-16-27-53-58(57)48-22-11-15-26-52(48)61(53)50-24-13-9-20-43(50)44-21-10-14-25-51(44)61/h5-37H,1-4H3. The SMILES string of the molecule is CC1(C)c2ccccc2-c2ccc(N(c3ccc4c(c3)C(C)(C)c3cc(-c5ccccc5)ccc3-4)c3cccc4c3-c3ccccc3C43c4ccccc4-c4ccccc43)cc21. The highest BCUT2D eigenvalue weighted by Gasteiger charge is 2.52. The third-order valence-corrected chi connectivity index (χ3v) is 15.1. The fourth-order valence-electron chi connectivity index (χ4n) is 12.2. The second kappa shape index (κ2) is 12.4. The first kappa shape index (κ1) is 35.5. The molecule has 0 saturated carbocycles. The zero-order valence-electron chi connectivity index (χ0n) is 35.5. The molecule has 0 radical (unpaired) electrons. The van der Waals surface area contributed by atoms with E-state index >= 15 is 0 Å². The Morgan fingerprint density at radius 2 is 0.710 bits per heavy atom. The zero-order valence-corrected chi connectivity index (χ0v) is 35.5. The van der Waals surface area contributed by atoms with E-state index in [1.807, 2.05) is 0 Å². The molecule has 294 valence electrons. The molecule has 4 aliphatic carbocycles. The maximum atomic E-state index is 2.58. The summed E-state index contributed by atoms with van der Waals surface area (Å²) in [6, 6.07) is 75.8. The molecular weight excluding hydrogens is 747 g/mol. The monoisotopic (exact) mass is 791 g/mol. The van der Waals surface area contributed by atoms with Crippen LogP contribution in [0.15, 0.2) is 200 Å². The first-order chi connectivity index (χ1) is 30.3. The van der Waals surface area contributed by atoms with Gasteiger partial charge < -0.3 is 4.90 Å². The van der Waals surface area contributed by atoms with Crippen LogP contribution in [-0.4, -0.2) is 0 Å². The smallest absolute Gasteiger partial charge is 0.0726 e. The van der Waals surface area contributed by atoms with Gasteiger partial charge in [0.2, 0.25) is 0 Å². The highest BCUT2D eigenvalue weighted by Crippen LogP contribution is 2.65. The predicted molar refractivity (Wildman–Crippen MR) is 258 cm³/mol. The highest BCUT2D eigenvalue weighted by molar-refractivity contribution is 6.02. The van der Waals surface area contributed by atoms with Crippen LogP contribution in [0.2, 0.25) is 0 Å². The van der Waals surface area contributed by atoms with Gasteiger partial charge in [0.15, 0.2) is 0 Å². The van der Waals surface area contributed by atoms with Crippen molar-refractivity contribution in [2.24, 2.45) is 0 Å². The molecule has 0 unspecified atom stereocenters. The Bertz CT molecular complexity index is 3320. The van der Waals surface area contributed by atoms with Gasteiger partial charge in [-0.1, -0.05) is 191 Å². The van der Waals surface area contributed by atoms with Gasteiger partial charge in [0.1, 0.15) is 0 Å². The van der Waals surface area contributed by atoms with E-state index in [1.54, 1.807) is 0 Å². The normalized spacial score (nSPS) is 15.5. The largest absolute Gasteiger partial charge is 0.310 e. The van der Waals surface area contributed by atoms with E-state index < -0.39 is 5.41 Å². The van der Waals surface area contributed by atoms with Gasteiger partial charge in [0, 0.05) is 27.8 Å². The van der Waals surface area contributed by atoms with Crippen molar-refractivity contribution in [3.05, 3.63) is 245 Å². The van der Waals surface area contributed by atoms with E-state index in [0.717, 1.165) is 0 Å². The lowest BCUT2D eigenvalue weighted by Crippen LogP contribution is -2.26. The van der Waals surface area contributed by atoms with Crippen molar-refractivity contribution in [3.63, 3.8) is 0 Å². The summed E-state index contributed by atoms with van der Waals surface area (Å²) in [7, 11) is 0. The van der Waals surface area contributed by atoms with Crippen LogP contribution in [0.4, 0.5) is 17.1 Å². The Balaban J connectivity index is 1.06. The van der Waals surface area contributed by atoms with E-state index in [-0.39, 0.29) is 10.8 Å². The lowest BCUT2D eigenvalue weighted by atomic mass is 9.70. The molecule has 0 heterocycles. The summed E-state index contributed by atoms with van der Waals surface area (Å²) in [5, 5.41) is 0. The van der Waals surface area contributed by atoms with Crippen LogP contribution in [0.5, 0.6) is 0 Å². The minimum Gasteiger partial charge on any atom is -0.310 e. The number of rotatable bonds is 4. The molecule has 0 bridgehead atoms. The quantitative estimate of drug-likeness (QED) is 0.172. The molecule has 1 nitrogen and oxygen atoms in total. The van der Waals surface area contributed by atoms with Gasteiger partial charge in [-0.3, -0.25) is 0 Å². The van der Waals surface area contributed by atoms with Crippen LogP contribution >= 0.6 is 0 Å². The summed E-state index contributed by atoms with van der Waals surface area (Å²) >= 11 is 0. The molecule has 0 amide bonds. The van der Waals surface area contributed by atoms with Crippen molar-refractivity contribution in [2.75, 3.05) is 4.90 Å². The lowest BCUT2D eigenvalue weighted by Gasteiger charge is -2.33. The van der Waals surface area contributed by atoms with Crippen molar-refractivity contribution in [2.45, 2.75) is 43.9 Å². The van der Waals surface area contributed by atoms with Crippen LogP contribution in [0.3, 0.4) is 0 Å². The topological polar surface area (TPSA) is 3.24 Å². The summed E-state index contributed by atoms with van der Waals surface area (Å²) in [4.78, 5) is 2.58. The van der Waals surface area contributed by atoms with E-state index in [9.17, 15) is 0 Å². The Kier molecular flexibility index (Phi) is 7.12. The Labute approximate surface area is 364 Å². The van der Waals surface area contributed by atoms with Crippen LogP contribution in [0, 0.1) is 0 Å². The summed E-state index contributed by atoms with van der Waals surface area (Å²) in [5.41, 5.74) is 26.7. The molecule has 9 aromatic carbocycles. The maximum Gasteiger partial charge on any atom is 0.0726 e. The minimum atomic E-state index is -0.430. The molecule has 0 fully saturated rings. The number of anilines is 3. The molecule has 0 atom stereocenters. The van der Waals surface area contributed by atoms with Crippen molar-refractivity contribution in [1.82, 2.24) is 0 Å². The minimum absolute atomic E-state index is 0.141. The molecule has 0 aromatic heterocycles. The number of fused-ring (bicyclic) bond motifs is 16. The third kappa shape index (κ3) is 4.48. The van der Waals surface area contributed by atoms with Crippen molar-refractivity contribution in [1.29, 1.82) is 0 Å². The Morgan fingerprint density at radius 3 is 1.31 bits per heavy atom. The van der Waals surface area contributed by atoms with E-state index in [4.69, 9.17) is 0 Å². The Hall–Kier alpha value is -7.22. The van der Waals surface area contributed by atoms with Crippen LogP contribution in [-0.2, 0) is 16.2 Å². The molecule has 62 heavy (non-hydrogen) atoms. The van der Waals surface area contributed by atoms with Gasteiger partial charge in [-0.15, -0.1) is 0 Å². The average Bonchev–Trinajstić information content (AvgIpc) is 3.95.